The first-order valence-corrected chi connectivity index (χ1v) is 5.50. The number of hydrogen-bond donors (Lipinski definition) is 1. The van der Waals surface area contributed by atoms with E-state index in [-0.39, 0.29) is 16.9 Å². The summed E-state index contributed by atoms with van der Waals surface area (Å²) in [5.41, 5.74) is 7.39. The topological polar surface area (TPSA) is 60.9 Å². The van der Waals surface area contributed by atoms with Crippen LogP contribution in [0.3, 0.4) is 0 Å². The summed E-state index contributed by atoms with van der Waals surface area (Å²) < 4.78 is 15.3. The molecule has 1 aromatic heterocycles. The minimum absolute atomic E-state index is 0.0558. The van der Waals surface area contributed by atoms with Crippen LogP contribution in [0.15, 0.2) is 18.3 Å². The van der Waals surface area contributed by atoms with E-state index >= 15 is 0 Å². The predicted octanol–water partition coefficient (Wildman–Crippen LogP) is 1.99. The fraction of sp³-hybridized carbons (Fsp3) is 0.231. The minimum atomic E-state index is -0.527. The molecule has 2 N–H and O–H groups in total. The molecule has 4 nitrogen and oxygen atoms in total. The van der Waals surface area contributed by atoms with Gasteiger partial charge in [0.05, 0.1) is 17.3 Å². The van der Waals surface area contributed by atoms with E-state index in [1.807, 2.05) is 0 Å². The highest BCUT2D eigenvalue weighted by Crippen LogP contribution is 2.22. The Morgan fingerprint density at radius 1 is 1.39 bits per heavy atom. The molecule has 0 aliphatic heterocycles. The summed E-state index contributed by atoms with van der Waals surface area (Å²) in [6.07, 6.45) is 1.36. The van der Waals surface area contributed by atoms with Crippen LogP contribution in [0, 0.1) is 19.7 Å². The van der Waals surface area contributed by atoms with Crippen LogP contribution in [-0.2, 0) is 7.05 Å². The number of aromatic nitrogens is 2. The molecule has 0 aliphatic carbocycles. The molecule has 0 bridgehead atoms. The van der Waals surface area contributed by atoms with Gasteiger partial charge in [-0.05, 0) is 31.0 Å². The Hall–Kier alpha value is -2.17. The van der Waals surface area contributed by atoms with E-state index in [0.29, 0.717) is 5.56 Å². The molecular weight excluding hydrogens is 233 g/mol. The normalized spacial score (nSPS) is 10.7. The van der Waals surface area contributed by atoms with Crippen molar-refractivity contribution in [3.05, 3.63) is 46.4 Å². The number of anilines is 1. The smallest absolute Gasteiger partial charge is 0.201 e. The third kappa shape index (κ3) is 1.88. The Kier molecular flexibility index (Phi) is 2.90. The first-order valence-electron chi connectivity index (χ1n) is 5.50. The summed E-state index contributed by atoms with van der Waals surface area (Å²) in [6.45, 7) is 3.48. The SMILES string of the molecule is Cc1cc(C)c(C(=O)c2cnn(C)c2N)c(F)c1. The fourth-order valence-electron chi connectivity index (χ4n) is 1.96. The van der Waals surface area contributed by atoms with Crippen molar-refractivity contribution in [2.45, 2.75) is 13.8 Å². The molecule has 0 unspecified atom stereocenters. The summed E-state index contributed by atoms with van der Waals surface area (Å²) in [6, 6.07) is 3.11. The third-order valence-electron chi connectivity index (χ3n) is 2.89. The van der Waals surface area contributed by atoms with Crippen molar-refractivity contribution < 1.29 is 9.18 Å². The lowest BCUT2D eigenvalue weighted by molar-refractivity contribution is 0.103. The monoisotopic (exact) mass is 247 g/mol. The van der Waals surface area contributed by atoms with Gasteiger partial charge >= 0.3 is 0 Å². The molecule has 0 radical (unpaired) electrons. The number of benzene rings is 1. The van der Waals surface area contributed by atoms with Gasteiger partial charge in [0.15, 0.2) is 0 Å². The van der Waals surface area contributed by atoms with E-state index in [9.17, 15) is 9.18 Å². The van der Waals surface area contributed by atoms with E-state index in [0.717, 1.165) is 5.56 Å². The van der Waals surface area contributed by atoms with Crippen molar-refractivity contribution in [2.24, 2.45) is 7.05 Å². The summed E-state index contributed by atoms with van der Waals surface area (Å²) in [7, 11) is 1.63. The molecular formula is C13H14FN3O. The van der Waals surface area contributed by atoms with Crippen molar-refractivity contribution in [1.29, 1.82) is 0 Å². The molecule has 5 heteroatoms. The summed E-state index contributed by atoms with van der Waals surface area (Å²) >= 11 is 0. The lowest BCUT2D eigenvalue weighted by atomic mass is 9.98. The van der Waals surface area contributed by atoms with Gasteiger partial charge in [-0.25, -0.2) is 4.39 Å². The molecule has 2 aromatic rings. The highest BCUT2D eigenvalue weighted by Gasteiger charge is 2.21. The maximum atomic E-state index is 13.9. The van der Waals surface area contributed by atoms with Gasteiger partial charge in [-0.1, -0.05) is 6.07 Å². The van der Waals surface area contributed by atoms with Crippen molar-refractivity contribution in [2.75, 3.05) is 5.73 Å². The van der Waals surface area contributed by atoms with Gasteiger partial charge in [0.2, 0.25) is 5.78 Å². The lowest BCUT2D eigenvalue weighted by Crippen LogP contribution is -2.10. The van der Waals surface area contributed by atoms with Crippen molar-refractivity contribution >= 4 is 11.6 Å². The fourth-order valence-corrected chi connectivity index (χ4v) is 1.96. The van der Waals surface area contributed by atoms with Crippen LogP contribution < -0.4 is 5.73 Å². The number of carbonyl (C=O) groups is 1. The quantitative estimate of drug-likeness (QED) is 0.825. The van der Waals surface area contributed by atoms with Crippen LogP contribution in [0.2, 0.25) is 0 Å². The van der Waals surface area contributed by atoms with Crippen LogP contribution in [0.4, 0.5) is 10.2 Å². The lowest BCUT2D eigenvalue weighted by Gasteiger charge is -2.07. The van der Waals surface area contributed by atoms with Crippen molar-refractivity contribution in [3.8, 4) is 0 Å². The van der Waals surface area contributed by atoms with Crippen molar-refractivity contribution in [3.63, 3.8) is 0 Å². The number of nitrogens with zero attached hydrogens (tertiary/aromatic N) is 2. The molecule has 0 spiro atoms. The van der Waals surface area contributed by atoms with Gasteiger partial charge in [-0.2, -0.15) is 5.10 Å². The Morgan fingerprint density at radius 2 is 2.06 bits per heavy atom. The molecule has 18 heavy (non-hydrogen) atoms. The number of rotatable bonds is 2. The average molecular weight is 247 g/mol. The number of nitrogens with two attached hydrogens (primary N) is 1. The molecule has 0 aliphatic rings. The zero-order chi connectivity index (χ0) is 13.4. The number of aryl methyl sites for hydroxylation is 3. The van der Waals surface area contributed by atoms with Gasteiger partial charge in [-0.15, -0.1) is 0 Å². The minimum Gasteiger partial charge on any atom is -0.383 e. The van der Waals surface area contributed by atoms with Gasteiger partial charge in [0.1, 0.15) is 11.6 Å². The molecule has 0 saturated heterocycles. The van der Waals surface area contributed by atoms with Gasteiger partial charge in [-0.3, -0.25) is 9.48 Å². The predicted molar refractivity (Wildman–Crippen MR) is 66.9 cm³/mol. The van der Waals surface area contributed by atoms with E-state index in [2.05, 4.69) is 5.10 Å². The maximum Gasteiger partial charge on any atom is 0.201 e. The maximum absolute atomic E-state index is 13.9. The summed E-state index contributed by atoms with van der Waals surface area (Å²) in [4.78, 5) is 12.3. The van der Waals surface area contributed by atoms with E-state index in [4.69, 9.17) is 5.73 Å². The third-order valence-corrected chi connectivity index (χ3v) is 2.89. The van der Waals surface area contributed by atoms with Crippen molar-refractivity contribution in [1.82, 2.24) is 9.78 Å². The summed E-state index contributed by atoms with van der Waals surface area (Å²) in [5.74, 6) is -0.726. The second-order valence-electron chi connectivity index (χ2n) is 4.33. The molecule has 0 atom stereocenters. The van der Waals surface area contributed by atoms with Crippen LogP contribution in [0.25, 0.3) is 0 Å². The molecule has 0 fully saturated rings. The molecule has 1 aromatic carbocycles. The first kappa shape index (κ1) is 12.3. The zero-order valence-electron chi connectivity index (χ0n) is 10.5. The second kappa shape index (κ2) is 4.25. The van der Waals surface area contributed by atoms with Gasteiger partial charge in [0.25, 0.3) is 0 Å². The standard InChI is InChI=1S/C13H14FN3O/c1-7-4-8(2)11(10(14)5-7)12(18)9-6-16-17(3)13(9)15/h4-6H,15H2,1-3H3. The Balaban J connectivity index is 2.57. The van der Waals surface area contributed by atoms with Gasteiger partial charge in [0, 0.05) is 7.05 Å². The molecule has 0 saturated carbocycles. The van der Waals surface area contributed by atoms with Crippen LogP contribution in [-0.4, -0.2) is 15.6 Å². The number of halogens is 1. The Labute approximate surface area is 104 Å². The number of ketones is 1. The Bertz CT molecular complexity index is 608. The van der Waals surface area contributed by atoms with Gasteiger partial charge < -0.3 is 5.73 Å². The zero-order valence-corrected chi connectivity index (χ0v) is 10.5. The second-order valence-corrected chi connectivity index (χ2v) is 4.33. The molecule has 1 heterocycles. The number of carbonyl (C=O) groups excluding carboxylic acids is 1. The summed E-state index contributed by atoms with van der Waals surface area (Å²) in [5, 5.41) is 3.89. The van der Waals surface area contributed by atoms with E-state index in [1.165, 1.54) is 16.9 Å². The van der Waals surface area contributed by atoms with Crippen LogP contribution in [0.1, 0.15) is 27.0 Å². The molecule has 2 rings (SSSR count). The molecule has 0 amide bonds. The number of hydrogen-bond acceptors (Lipinski definition) is 3. The Morgan fingerprint density at radius 3 is 2.56 bits per heavy atom. The van der Waals surface area contributed by atoms with E-state index < -0.39 is 11.6 Å². The largest absolute Gasteiger partial charge is 0.383 e. The van der Waals surface area contributed by atoms with Crippen LogP contribution in [0.5, 0.6) is 0 Å². The van der Waals surface area contributed by atoms with Crippen LogP contribution >= 0.6 is 0 Å². The highest BCUT2D eigenvalue weighted by atomic mass is 19.1. The first-order chi connectivity index (χ1) is 8.41. The van der Waals surface area contributed by atoms with E-state index in [1.54, 1.807) is 27.0 Å². The number of nitrogen functional groups attached to an aromatic ring is 1. The average Bonchev–Trinajstić information content (AvgIpc) is 2.58. The highest BCUT2D eigenvalue weighted by molar-refractivity contribution is 6.12. The molecule has 94 valence electrons.